The number of rotatable bonds is 7. The lowest BCUT2D eigenvalue weighted by atomic mass is 10.0. The molecule has 2 atom stereocenters. The zero-order valence-electron chi connectivity index (χ0n) is 18.6. The Balaban J connectivity index is 1.47. The Labute approximate surface area is 187 Å². The molecule has 3 aliphatic rings. The molecule has 3 heterocycles. The van der Waals surface area contributed by atoms with Crippen molar-refractivity contribution in [2.45, 2.75) is 36.4 Å². The summed E-state index contributed by atoms with van der Waals surface area (Å²) in [4.78, 5) is 30.7. The van der Waals surface area contributed by atoms with Gasteiger partial charge < -0.3 is 24.4 Å². The van der Waals surface area contributed by atoms with Crippen molar-refractivity contribution in [1.29, 1.82) is 0 Å². The molecule has 8 nitrogen and oxygen atoms in total. The molecule has 0 spiro atoms. The summed E-state index contributed by atoms with van der Waals surface area (Å²) < 4.78 is 15.8. The lowest BCUT2D eigenvalue weighted by Crippen LogP contribution is -2.52. The lowest BCUT2D eigenvalue weighted by Gasteiger charge is -2.30. The number of methoxy groups -OCH3 is 2. The quantitative estimate of drug-likeness (QED) is 0.637. The summed E-state index contributed by atoms with van der Waals surface area (Å²) in [6.45, 7) is 9.00. The second-order valence-corrected chi connectivity index (χ2v) is 10.3. The van der Waals surface area contributed by atoms with E-state index < -0.39 is 10.8 Å². The average Bonchev–Trinajstić information content (AvgIpc) is 3.20. The van der Waals surface area contributed by atoms with Gasteiger partial charge in [0.15, 0.2) is 11.5 Å². The molecule has 0 bridgehead atoms. The van der Waals surface area contributed by atoms with E-state index in [0.717, 1.165) is 44.8 Å². The Kier molecular flexibility index (Phi) is 6.37. The van der Waals surface area contributed by atoms with Crippen LogP contribution in [0.25, 0.3) is 0 Å². The summed E-state index contributed by atoms with van der Waals surface area (Å²) in [5.74, 6) is 0.669. The molecular weight excluding hydrogens is 418 g/mol. The minimum Gasteiger partial charge on any atom is -0.493 e. The third kappa shape index (κ3) is 3.99. The summed E-state index contributed by atoms with van der Waals surface area (Å²) >= 11 is 1.64. The molecule has 170 valence electrons. The zero-order chi connectivity index (χ0) is 22.2. The van der Waals surface area contributed by atoms with E-state index in [1.54, 1.807) is 23.8 Å². The predicted molar refractivity (Wildman–Crippen MR) is 119 cm³/mol. The Bertz CT molecular complexity index is 856. The van der Waals surface area contributed by atoms with Crippen molar-refractivity contribution in [3.05, 3.63) is 23.3 Å². The van der Waals surface area contributed by atoms with Gasteiger partial charge in [-0.3, -0.25) is 14.5 Å². The molecule has 0 radical (unpaired) electrons. The average molecular weight is 450 g/mol. The minimum atomic E-state index is -0.554. The van der Waals surface area contributed by atoms with E-state index in [2.05, 4.69) is 10.2 Å². The molecule has 0 aliphatic carbocycles. The first-order valence-corrected chi connectivity index (χ1v) is 11.6. The molecule has 2 amide bonds. The fourth-order valence-corrected chi connectivity index (χ4v) is 6.27. The Morgan fingerprint density at radius 1 is 1.26 bits per heavy atom. The summed E-state index contributed by atoms with van der Waals surface area (Å²) in [6.07, 6.45) is 0.870. The van der Waals surface area contributed by atoms with Gasteiger partial charge in [-0.25, -0.2) is 0 Å². The maximum atomic E-state index is 13.4. The number of hydrogen-bond acceptors (Lipinski definition) is 7. The van der Waals surface area contributed by atoms with Crippen LogP contribution < -0.4 is 14.8 Å². The number of carbonyl (C=O) groups is 2. The normalized spacial score (nSPS) is 24.6. The maximum absolute atomic E-state index is 13.4. The van der Waals surface area contributed by atoms with Gasteiger partial charge >= 0.3 is 0 Å². The minimum absolute atomic E-state index is 0.103. The molecular formula is C22H31N3O5S. The molecule has 9 heteroatoms. The highest BCUT2D eigenvalue weighted by Gasteiger charge is 2.58. The number of nitrogens with one attached hydrogen (secondary N) is 1. The number of fused-ring (bicyclic) bond motifs is 3. The third-order valence-corrected chi connectivity index (χ3v) is 7.73. The molecule has 2 saturated heterocycles. The van der Waals surface area contributed by atoms with Crippen LogP contribution >= 0.6 is 11.8 Å². The van der Waals surface area contributed by atoms with E-state index in [9.17, 15) is 9.59 Å². The van der Waals surface area contributed by atoms with E-state index >= 15 is 0 Å². The van der Waals surface area contributed by atoms with E-state index in [0.29, 0.717) is 23.6 Å². The van der Waals surface area contributed by atoms with Gasteiger partial charge in [0, 0.05) is 29.9 Å². The fraction of sp³-hybridized carbons (Fsp3) is 0.636. The summed E-state index contributed by atoms with van der Waals surface area (Å²) in [5, 5.41) is 2.86. The first-order chi connectivity index (χ1) is 14.9. The van der Waals surface area contributed by atoms with Gasteiger partial charge in [0.25, 0.3) is 5.91 Å². The first-order valence-electron chi connectivity index (χ1n) is 10.7. The van der Waals surface area contributed by atoms with Crippen LogP contribution in [0.4, 0.5) is 0 Å². The highest BCUT2D eigenvalue weighted by atomic mass is 32.2. The number of benzene rings is 1. The van der Waals surface area contributed by atoms with Gasteiger partial charge in [0.1, 0.15) is 11.4 Å². The van der Waals surface area contributed by atoms with Crippen molar-refractivity contribution < 1.29 is 23.8 Å². The molecule has 2 fully saturated rings. The number of hydrogen-bond donors (Lipinski definition) is 1. The highest BCUT2D eigenvalue weighted by molar-refractivity contribution is 8.01. The first kappa shape index (κ1) is 22.2. The van der Waals surface area contributed by atoms with Crippen LogP contribution in [-0.2, 0) is 9.53 Å². The van der Waals surface area contributed by atoms with Gasteiger partial charge in [-0.05, 0) is 32.9 Å². The molecule has 4 rings (SSSR count). The van der Waals surface area contributed by atoms with Gasteiger partial charge in [0.2, 0.25) is 5.91 Å². The molecule has 0 saturated carbocycles. The molecule has 1 aromatic rings. The molecule has 3 aliphatic heterocycles. The van der Waals surface area contributed by atoms with E-state index in [1.165, 1.54) is 7.11 Å². The number of carbonyl (C=O) groups excluding carboxylic acids is 2. The van der Waals surface area contributed by atoms with Crippen molar-refractivity contribution in [1.82, 2.24) is 15.1 Å². The zero-order valence-corrected chi connectivity index (χ0v) is 19.4. The van der Waals surface area contributed by atoms with Gasteiger partial charge in [-0.15, -0.1) is 11.8 Å². The fourth-order valence-electron chi connectivity index (χ4n) is 4.69. The maximum Gasteiger partial charge on any atom is 0.260 e. The molecule has 0 unspecified atom stereocenters. The molecule has 1 aromatic carbocycles. The largest absolute Gasteiger partial charge is 0.493 e. The predicted octanol–water partition coefficient (Wildman–Crippen LogP) is 1.89. The van der Waals surface area contributed by atoms with E-state index in [4.69, 9.17) is 14.2 Å². The van der Waals surface area contributed by atoms with Crippen LogP contribution in [0, 0.1) is 0 Å². The van der Waals surface area contributed by atoms with Crippen LogP contribution in [0.15, 0.2) is 12.1 Å². The highest BCUT2D eigenvalue weighted by Crippen LogP contribution is 2.58. The van der Waals surface area contributed by atoms with Gasteiger partial charge in [-0.2, -0.15) is 0 Å². The van der Waals surface area contributed by atoms with Crippen molar-refractivity contribution in [2.24, 2.45) is 0 Å². The second-order valence-electron chi connectivity index (χ2n) is 8.55. The lowest BCUT2D eigenvalue weighted by molar-refractivity contribution is -0.126. The topological polar surface area (TPSA) is 80.3 Å². The van der Waals surface area contributed by atoms with Gasteiger partial charge in [-0.1, -0.05) is 6.07 Å². The molecule has 1 N–H and O–H groups in total. The Morgan fingerprint density at radius 3 is 2.68 bits per heavy atom. The Morgan fingerprint density at radius 2 is 2.00 bits per heavy atom. The van der Waals surface area contributed by atoms with Crippen molar-refractivity contribution in [3.63, 3.8) is 0 Å². The monoisotopic (exact) mass is 449 g/mol. The SMILES string of the molecule is COc1ccc2c(c1OC)C(=O)N1[C@H]2SC(C)(C)[C@H]1C(=O)NCCCN1CCOCC1. The van der Waals surface area contributed by atoms with Crippen LogP contribution in [0.3, 0.4) is 0 Å². The Hall–Kier alpha value is -1.97. The number of morpholine rings is 1. The number of ether oxygens (including phenoxy) is 3. The van der Waals surface area contributed by atoms with Crippen LogP contribution in [-0.4, -0.2) is 86.0 Å². The molecule has 0 aromatic heterocycles. The number of amides is 2. The summed E-state index contributed by atoms with van der Waals surface area (Å²) in [7, 11) is 3.08. The number of nitrogens with zero attached hydrogens (tertiary/aromatic N) is 2. The van der Waals surface area contributed by atoms with Crippen LogP contribution in [0.5, 0.6) is 11.5 Å². The van der Waals surface area contributed by atoms with Gasteiger partial charge in [0.05, 0.1) is 33.0 Å². The van der Waals surface area contributed by atoms with Crippen LogP contribution in [0.2, 0.25) is 0 Å². The third-order valence-electron chi connectivity index (χ3n) is 6.20. The standard InChI is InChI=1S/C22H31N3O5S/c1-22(2)18(19(26)23-8-5-9-24-10-12-30-13-11-24)25-20(27)16-14(21(25)31-22)6-7-15(28-3)17(16)29-4/h6-7,18,21H,5,8-13H2,1-4H3,(H,23,26)/t18-,21+/m1/s1. The van der Waals surface area contributed by atoms with E-state index in [-0.39, 0.29) is 17.2 Å². The van der Waals surface area contributed by atoms with Crippen molar-refractivity contribution in [3.8, 4) is 11.5 Å². The molecule has 31 heavy (non-hydrogen) atoms. The second kappa shape index (κ2) is 8.88. The van der Waals surface area contributed by atoms with E-state index in [1.807, 2.05) is 26.0 Å². The summed E-state index contributed by atoms with van der Waals surface area (Å²) in [6, 6.07) is 3.17. The van der Waals surface area contributed by atoms with Crippen LogP contribution in [0.1, 0.15) is 41.6 Å². The number of thioether (sulfide) groups is 1. The summed E-state index contributed by atoms with van der Waals surface area (Å²) in [5.41, 5.74) is 1.38. The van der Waals surface area contributed by atoms with Crippen molar-refractivity contribution >= 4 is 23.6 Å². The smallest absolute Gasteiger partial charge is 0.260 e. The van der Waals surface area contributed by atoms with Crippen molar-refractivity contribution in [2.75, 3.05) is 53.6 Å².